The third-order valence-electron chi connectivity index (χ3n) is 3.24. The molecule has 0 bridgehead atoms. The minimum Gasteiger partial charge on any atom is -0.0616 e. The smallest absolute Gasteiger partial charge is 0.0175 e. The van der Waals surface area contributed by atoms with Crippen LogP contribution in [0.4, 0.5) is 0 Å². The third-order valence-corrected chi connectivity index (χ3v) is 4.29. The standard InChI is InChI=1S/C18H12Br2/c19-15-9-5-13(6-10-15)17-3-1-2-4-18(17)14-7-11-16(20)12-8-14/h1-12H. The SMILES string of the molecule is Brc1ccc(-c2ccccc2-c2ccc(Br)cc2)cc1. The van der Waals surface area contributed by atoms with Crippen LogP contribution in [0.25, 0.3) is 22.3 Å². The van der Waals surface area contributed by atoms with Gasteiger partial charge >= 0.3 is 0 Å². The van der Waals surface area contributed by atoms with Crippen LogP contribution in [0.15, 0.2) is 81.7 Å². The highest BCUT2D eigenvalue weighted by Crippen LogP contribution is 2.33. The van der Waals surface area contributed by atoms with Crippen molar-refractivity contribution in [3.05, 3.63) is 81.7 Å². The fourth-order valence-corrected chi connectivity index (χ4v) is 2.77. The molecule has 3 rings (SSSR count). The van der Waals surface area contributed by atoms with E-state index in [1.54, 1.807) is 0 Å². The second-order valence-corrected chi connectivity index (χ2v) is 6.39. The summed E-state index contributed by atoms with van der Waals surface area (Å²) in [6.07, 6.45) is 0. The van der Waals surface area contributed by atoms with E-state index in [0.717, 1.165) is 8.95 Å². The summed E-state index contributed by atoms with van der Waals surface area (Å²) in [6.45, 7) is 0. The van der Waals surface area contributed by atoms with Gasteiger partial charge in [0.25, 0.3) is 0 Å². The van der Waals surface area contributed by atoms with E-state index < -0.39 is 0 Å². The van der Waals surface area contributed by atoms with Crippen LogP contribution in [0.3, 0.4) is 0 Å². The predicted octanol–water partition coefficient (Wildman–Crippen LogP) is 6.55. The molecule has 0 radical (unpaired) electrons. The van der Waals surface area contributed by atoms with Crippen LogP contribution in [-0.4, -0.2) is 0 Å². The molecule has 0 N–H and O–H groups in total. The molecule has 0 spiro atoms. The fraction of sp³-hybridized carbons (Fsp3) is 0. The van der Waals surface area contributed by atoms with Crippen molar-refractivity contribution in [1.29, 1.82) is 0 Å². The highest BCUT2D eigenvalue weighted by Gasteiger charge is 2.06. The third kappa shape index (κ3) is 2.87. The van der Waals surface area contributed by atoms with E-state index in [4.69, 9.17) is 0 Å². The van der Waals surface area contributed by atoms with Crippen molar-refractivity contribution in [2.75, 3.05) is 0 Å². The Bertz CT molecular complexity index is 649. The van der Waals surface area contributed by atoms with Gasteiger partial charge < -0.3 is 0 Å². The summed E-state index contributed by atoms with van der Waals surface area (Å²) in [6, 6.07) is 25.4. The lowest BCUT2D eigenvalue weighted by atomic mass is 9.95. The van der Waals surface area contributed by atoms with Crippen LogP contribution in [0.5, 0.6) is 0 Å². The lowest BCUT2D eigenvalue weighted by Crippen LogP contribution is -1.84. The normalized spacial score (nSPS) is 10.5. The van der Waals surface area contributed by atoms with Crippen LogP contribution >= 0.6 is 31.9 Å². The molecule has 0 nitrogen and oxygen atoms in total. The molecule has 3 aromatic carbocycles. The van der Waals surface area contributed by atoms with E-state index in [1.807, 2.05) is 0 Å². The Morgan fingerprint density at radius 3 is 1.15 bits per heavy atom. The summed E-state index contributed by atoms with van der Waals surface area (Å²) in [5.41, 5.74) is 4.96. The maximum Gasteiger partial charge on any atom is 0.0175 e. The van der Waals surface area contributed by atoms with Gasteiger partial charge in [-0.2, -0.15) is 0 Å². The summed E-state index contributed by atoms with van der Waals surface area (Å²) in [4.78, 5) is 0. The molecule has 98 valence electrons. The monoisotopic (exact) mass is 386 g/mol. The van der Waals surface area contributed by atoms with Crippen molar-refractivity contribution in [2.45, 2.75) is 0 Å². The minimum absolute atomic E-state index is 1.10. The van der Waals surface area contributed by atoms with Gasteiger partial charge in [-0.1, -0.05) is 80.4 Å². The lowest BCUT2D eigenvalue weighted by Gasteiger charge is -2.10. The zero-order chi connectivity index (χ0) is 13.9. The van der Waals surface area contributed by atoms with Gasteiger partial charge in [0.2, 0.25) is 0 Å². The van der Waals surface area contributed by atoms with Gasteiger partial charge in [0.05, 0.1) is 0 Å². The Balaban J connectivity index is 2.13. The van der Waals surface area contributed by atoms with Crippen LogP contribution in [-0.2, 0) is 0 Å². The van der Waals surface area contributed by atoms with E-state index >= 15 is 0 Å². The van der Waals surface area contributed by atoms with Crippen molar-refractivity contribution in [2.24, 2.45) is 0 Å². The van der Waals surface area contributed by atoms with Crippen molar-refractivity contribution in [3.63, 3.8) is 0 Å². The summed E-state index contributed by atoms with van der Waals surface area (Å²) in [5, 5.41) is 0. The second kappa shape index (κ2) is 5.94. The first-order valence-electron chi connectivity index (χ1n) is 6.35. The van der Waals surface area contributed by atoms with Gasteiger partial charge in [0, 0.05) is 8.95 Å². The maximum absolute atomic E-state index is 3.48. The number of halogens is 2. The molecule has 0 aliphatic rings. The predicted molar refractivity (Wildman–Crippen MR) is 92.7 cm³/mol. The van der Waals surface area contributed by atoms with Crippen molar-refractivity contribution < 1.29 is 0 Å². The molecular formula is C18H12Br2. The van der Waals surface area contributed by atoms with Gasteiger partial charge in [0.15, 0.2) is 0 Å². The molecule has 0 saturated carbocycles. The molecular weight excluding hydrogens is 376 g/mol. The molecule has 0 aliphatic heterocycles. The number of rotatable bonds is 2. The lowest BCUT2D eigenvalue weighted by molar-refractivity contribution is 1.56. The van der Waals surface area contributed by atoms with E-state index in [9.17, 15) is 0 Å². The summed E-state index contributed by atoms with van der Waals surface area (Å²) < 4.78 is 2.20. The molecule has 2 heteroatoms. The van der Waals surface area contributed by atoms with Gasteiger partial charge in [-0.25, -0.2) is 0 Å². The first-order chi connectivity index (χ1) is 9.74. The van der Waals surface area contributed by atoms with Crippen LogP contribution in [0.2, 0.25) is 0 Å². The molecule has 0 aromatic heterocycles. The Kier molecular flexibility index (Phi) is 4.04. The number of benzene rings is 3. The summed E-state index contributed by atoms with van der Waals surface area (Å²) >= 11 is 6.97. The Hall–Kier alpha value is -1.38. The largest absolute Gasteiger partial charge is 0.0616 e. The molecule has 0 atom stereocenters. The van der Waals surface area contributed by atoms with Crippen molar-refractivity contribution in [1.82, 2.24) is 0 Å². The Morgan fingerprint density at radius 1 is 0.450 bits per heavy atom. The summed E-state index contributed by atoms with van der Waals surface area (Å²) in [7, 11) is 0. The minimum atomic E-state index is 1.10. The molecule has 0 unspecified atom stereocenters. The van der Waals surface area contributed by atoms with Gasteiger partial charge in [-0.3, -0.25) is 0 Å². The molecule has 0 aliphatic carbocycles. The summed E-state index contributed by atoms with van der Waals surface area (Å²) in [5.74, 6) is 0. The van der Waals surface area contributed by atoms with Crippen LogP contribution < -0.4 is 0 Å². The average Bonchev–Trinajstić information content (AvgIpc) is 2.49. The first-order valence-corrected chi connectivity index (χ1v) is 7.93. The first kappa shape index (κ1) is 13.6. The average molecular weight is 388 g/mol. The Labute approximate surface area is 135 Å². The van der Waals surface area contributed by atoms with E-state index in [0.29, 0.717) is 0 Å². The fourth-order valence-electron chi connectivity index (χ4n) is 2.25. The second-order valence-electron chi connectivity index (χ2n) is 4.56. The van der Waals surface area contributed by atoms with Crippen molar-refractivity contribution >= 4 is 31.9 Å². The zero-order valence-electron chi connectivity index (χ0n) is 10.7. The van der Waals surface area contributed by atoms with Gasteiger partial charge in [-0.15, -0.1) is 0 Å². The van der Waals surface area contributed by atoms with Crippen molar-refractivity contribution in [3.8, 4) is 22.3 Å². The van der Waals surface area contributed by atoms with Gasteiger partial charge in [-0.05, 0) is 46.5 Å². The van der Waals surface area contributed by atoms with Crippen LogP contribution in [0, 0.1) is 0 Å². The van der Waals surface area contributed by atoms with E-state index in [2.05, 4.69) is 105 Å². The Morgan fingerprint density at radius 2 is 0.800 bits per heavy atom. The molecule has 0 heterocycles. The van der Waals surface area contributed by atoms with E-state index in [-0.39, 0.29) is 0 Å². The maximum atomic E-state index is 3.48. The zero-order valence-corrected chi connectivity index (χ0v) is 13.9. The molecule has 0 amide bonds. The quantitative estimate of drug-likeness (QED) is 0.467. The van der Waals surface area contributed by atoms with Crippen LogP contribution in [0.1, 0.15) is 0 Å². The molecule has 0 fully saturated rings. The molecule has 0 saturated heterocycles. The number of hydrogen-bond acceptors (Lipinski definition) is 0. The molecule has 20 heavy (non-hydrogen) atoms. The van der Waals surface area contributed by atoms with E-state index in [1.165, 1.54) is 22.3 Å². The molecule has 3 aromatic rings. The highest BCUT2D eigenvalue weighted by molar-refractivity contribution is 9.10. The topological polar surface area (TPSA) is 0 Å². The number of hydrogen-bond donors (Lipinski definition) is 0. The van der Waals surface area contributed by atoms with Gasteiger partial charge in [0.1, 0.15) is 0 Å². The highest BCUT2D eigenvalue weighted by atomic mass is 79.9.